The molecule has 0 aliphatic rings. The Morgan fingerprint density at radius 3 is 2.60 bits per heavy atom. The highest BCUT2D eigenvalue weighted by Gasteiger charge is 2.17. The van der Waals surface area contributed by atoms with Crippen LogP contribution in [0.25, 0.3) is 0 Å². The second kappa shape index (κ2) is 5.40. The Bertz CT molecular complexity index is 447. The fourth-order valence-electron chi connectivity index (χ4n) is 0.875. The average molecular weight is 359 g/mol. The zero-order valence-electron chi connectivity index (χ0n) is 7.83. The van der Waals surface area contributed by atoms with Gasteiger partial charge in [0, 0.05) is 8.95 Å². The Balaban J connectivity index is 3.05. The largest absolute Gasteiger partial charge is 0.287 e. The second-order valence-corrected chi connectivity index (χ2v) is 5.98. The van der Waals surface area contributed by atoms with Gasteiger partial charge in [0.05, 0.1) is 11.5 Å². The Kier molecular flexibility index (Phi) is 4.72. The fourth-order valence-corrected chi connectivity index (χ4v) is 3.49. The van der Waals surface area contributed by atoms with Crippen molar-refractivity contribution in [1.29, 1.82) is 0 Å². The van der Waals surface area contributed by atoms with Gasteiger partial charge < -0.3 is 0 Å². The van der Waals surface area contributed by atoms with Gasteiger partial charge >= 0.3 is 0 Å². The number of sulfonamides is 1. The van der Waals surface area contributed by atoms with Crippen LogP contribution in [0.4, 0.5) is 0 Å². The highest BCUT2D eigenvalue weighted by atomic mass is 79.9. The monoisotopic (exact) mass is 357 g/mol. The van der Waals surface area contributed by atoms with E-state index in [-0.39, 0.29) is 11.5 Å². The van der Waals surface area contributed by atoms with E-state index in [1.165, 1.54) is 6.07 Å². The maximum Gasteiger partial charge on any atom is 0.263 e. The van der Waals surface area contributed by atoms with Crippen molar-refractivity contribution >= 4 is 41.9 Å². The quantitative estimate of drug-likeness (QED) is 0.841. The molecule has 4 nitrogen and oxygen atoms in total. The molecule has 0 spiro atoms. The number of hydrogen-bond donors (Lipinski definition) is 1. The van der Waals surface area contributed by atoms with Crippen LogP contribution in [0.5, 0.6) is 0 Å². The molecule has 0 saturated carbocycles. The van der Waals surface area contributed by atoms with Gasteiger partial charge in [0.15, 0.2) is 0 Å². The lowest BCUT2D eigenvalue weighted by Gasteiger charge is -2.07. The molecule has 84 valence electrons. The van der Waals surface area contributed by atoms with Gasteiger partial charge in [-0.2, -0.15) is 0 Å². The lowest BCUT2D eigenvalue weighted by atomic mass is 10.4. The molecule has 15 heavy (non-hydrogen) atoms. The summed E-state index contributed by atoms with van der Waals surface area (Å²) < 4.78 is 24.6. The lowest BCUT2D eigenvalue weighted by Crippen LogP contribution is -2.24. The molecule has 0 saturated heterocycles. The minimum absolute atomic E-state index is 0.138. The molecular formula is C8H9Br2NO3S. The van der Waals surface area contributed by atoms with Crippen molar-refractivity contribution in [2.45, 2.75) is 11.8 Å². The van der Waals surface area contributed by atoms with Crippen LogP contribution in [0.15, 0.2) is 32.0 Å². The number of nitrogens with one attached hydrogen (secondary N) is 1. The van der Waals surface area contributed by atoms with Gasteiger partial charge in [-0.05, 0) is 41.1 Å². The van der Waals surface area contributed by atoms with E-state index in [2.05, 4.69) is 36.7 Å². The van der Waals surface area contributed by atoms with Crippen molar-refractivity contribution in [1.82, 2.24) is 4.89 Å². The van der Waals surface area contributed by atoms with Crippen molar-refractivity contribution in [3.8, 4) is 0 Å². The number of rotatable bonds is 4. The first-order valence-electron chi connectivity index (χ1n) is 4.06. The lowest BCUT2D eigenvalue weighted by molar-refractivity contribution is 0.105. The van der Waals surface area contributed by atoms with E-state index in [0.717, 1.165) is 4.47 Å². The molecule has 0 heterocycles. The summed E-state index contributed by atoms with van der Waals surface area (Å²) in [4.78, 5) is 6.82. The van der Waals surface area contributed by atoms with Crippen LogP contribution < -0.4 is 4.89 Å². The van der Waals surface area contributed by atoms with Crippen molar-refractivity contribution < 1.29 is 13.3 Å². The average Bonchev–Trinajstić information content (AvgIpc) is 2.14. The first-order valence-corrected chi connectivity index (χ1v) is 7.13. The third kappa shape index (κ3) is 3.53. The van der Waals surface area contributed by atoms with Crippen LogP contribution in [0.2, 0.25) is 0 Å². The van der Waals surface area contributed by atoms with E-state index in [9.17, 15) is 8.42 Å². The first-order chi connectivity index (χ1) is 6.97. The van der Waals surface area contributed by atoms with Crippen LogP contribution in [0.1, 0.15) is 6.92 Å². The fraction of sp³-hybridized carbons (Fsp3) is 0.250. The summed E-state index contributed by atoms with van der Waals surface area (Å²) in [6.45, 7) is 1.96. The van der Waals surface area contributed by atoms with E-state index in [0.29, 0.717) is 4.47 Å². The molecule has 0 aliphatic carbocycles. The molecule has 0 fully saturated rings. The first kappa shape index (κ1) is 13.1. The SMILES string of the molecule is CCONS(=O)(=O)c1ccc(Br)cc1Br. The topological polar surface area (TPSA) is 55.4 Å². The minimum Gasteiger partial charge on any atom is -0.287 e. The van der Waals surface area contributed by atoms with Gasteiger partial charge in [-0.25, -0.2) is 8.42 Å². The standard InChI is InChI=1S/C8H9Br2NO3S/c1-2-14-11-15(12,13)8-4-3-6(9)5-7(8)10/h3-5,11H,2H2,1H3. The highest BCUT2D eigenvalue weighted by molar-refractivity contribution is 9.11. The molecule has 0 unspecified atom stereocenters. The Hall–Kier alpha value is 0.0500. The van der Waals surface area contributed by atoms with Crippen LogP contribution in [0.3, 0.4) is 0 Å². The van der Waals surface area contributed by atoms with Crippen LogP contribution in [-0.4, -0.2) is 15.0 Å². The minimum atomic E-state index is -3.61. The summed E-state index contributed by atoms with van der Waals surface area (Å²) in [5.74, 6) is 0. The van der Waals surface area contributed by atoms with E-state index < -0.39 is 10.0 Å². The van der Waals surface area contributed by atoms with Crippen molar-refractivity contribution in [3.63, 3.8) is 0 Å². The van der Waals surface area contributed by atoms with E-state index in [4.69, 9.17) is 0 Å². The number of hydrogen-bond acceptors (Lipinski definition) is 3. The van der Waals surface area contributed by atoms with Crippen LogP contribution in [-0.2, 0) is 14.9 Å². The third-order valence-electron chi connectivity index (χ3n) is 1.50. The number of benzene rings is 1. The Morgan fingerprint density at radius 1 is 1.40 bits per heavy atom. The van der Waals surface area contributed by atoms with E-state index >= 15 is 0 Å². The molecule has 1 rings (SSSR count). The predicted octanol–water partition coefficient (Wildman–Crippen LogP) is 2.44. The third-order valence-corrected chi connectivity index (χ3v) is 4.18. The molecule has 0 amide bonds. The summed E-state index contributed by atoms with van der Waals surface area (Å²) in [5.41, 5.74) is 0. The summed E-state index contributed by atoms with van der Waals surface area (Å²) in [6.07, 6.45) is 0. The maximum atomic E-state index is 11.6. The second-order valence-electron chi connectivity index (χ2n) is 2.59. The molecular weight excluding hydrogens is 350 g/mol. The van der Waals surface area contributed by atoms with Crippen LogP contribution in [0, 0.1) is 0 Å². The summed E-state index contributed by atoms with van der Waals surface area (Å²) in [7, 11) is -3.61. The van der Waals surface area contributed by atoms with Gasteiger partial charge in [0.1, 0.15) is 0 Å². The van der Waals surface area contributed by atoms with Gasteiger partial charge in [-0.15, -0.1) is 0 Å². The zero-order valence-corrected chi connectivity index (χ0v) is 11.8. The van der Waals surface area contributed by atoms with Crippen molar-refractivity contribution in [3.05, 3.63) is 27.1 Å². The summed E-state index contributed by atoms with van der Waals surface area (Å²) in [5, 5.41) is 0. The molecule has 0 atom stereocenters. The predicted molar refractivity (Wildman–Crippen MR) is 63.8 cm³/mol. The number of halogens is 2. The van der Waals surface area contributed by atoms with Crippen molar-refractivity contribution in [2.24, 2.45) is 0 Å². The van der Waals surface area contributed by atoms with Crippen LogP contribution >= 0.6 is 31.9 Å². The van der Waals surface area contributed by atoms with Gasteiger partial charge in [-0.3, -0.25) is 4.84 Å². The maximum absolute atomic E-state index is 11.6. The molecule has 1 aromatic rings. The summed E-state index contributed by atoms with van der Waals surface area (Å²) >= 11 is 6.41. The van der Waals surface area contributed by atoms with Gasteiger partial charge in [0.2, 0.25) is 0 Å². The molecule has 0 bridgehead atoms. The van der Waals surface area contributed by atoms with E-state index in [1.54, 1.807) is 19.1 Å². The Morgan fingerprint density at radius 2 is 2.07 bits per heavy atom. The highest BCUT2D eigenvalue weighted by Crippen LogP contribution is 2.25. The van der Waals surface area contributed by atoms with Gasteiger partial charge in [-0.1, -0.05) is 20.8 Å². The zero-order chi connectivity index (χ0) is 11.5. The molecule has 0 aliphatic heterocycles. The molecule has 1 aromatic carbocycles. The van der Waals surface area contributed by atoms with Crippen molar-refractivity contribution in [2.75, 3.05) is 6.61 Å². The molecule has 0 radical (unpaired) electrons. The summed E-state index contributed by atoms with van der Waals surface area (Å²) in [6, 6.07) is 4.78. The van der Waals surface area contributed by atoms with Gasteiger partial charge in [0.25, 0.3) is 10.0 Å². The smallest absolute Gasteiger partial charge is 0.263 e. The molecule has 1 N–H and O–H groups in total. The van der Waals surface area contributed by atoms with E-state index in [1.807, 2.05) is 4.89 Å². The molecule has 0 aromatic heterocycles. The Labute approximate surface area is 105 Å². The normalized spacial score (nSPS) is 11.7. The molecule has 7 heteroatoms.